The average molecular weight is 376 g/mol. The van der Waals surface area contributed by atoms with Crippen LogP contribution in [0.15, 0.2) is 48.5 Å². The molecule has 0 radical (unpaired) electrons. The van der Waals surface area contributed by atoms with Crippen LogP contribution in [0.2, 0.25) is 0 Å². The van der Waals surface area contributed by atoms with E-state index in [4.69, 9.17) is 4.74 Å². The first kappa shape index (κ1) is 18.0. The Labute approximate surface area is 162 Å². The minimum absolute atomic E-state index is 0.0257. The van der Waals surface area contributed by atoms with Crippen molar-refractivity contribution in [3.05, 3.63) is 59.7 Å². The maximum atomic E-state index is 12.7. The van der Waals surface area contributed by atoms with Gasteiger partial charge < -0.3 is 14.7 Å². The van der Waals surface area contributed by atoms with E-state index in [2.05, 4.69) is 4.98 Å². The van der Waals surface area contributed by atoms with Crippen LogP contribution in [0.4, 0.5) is 0 Å². The number of carbonyl (C=O) groups excluding carboxylic acids is 2. The van der Waals surface area contributed by atoms with Crippen molar-refractivity contribution in [2.24, 2.45) is 0 Å². The maximum absolute atomic E-state index is 12.7. The smallest absolute Gasteiger partial charge is 0.337 e. The predicted molar refractivity (Wildman–Crippen MR) is 105 cm³/mol. The summed E-state index contributed by atoms with van der Waals surface area (Å²) in [5, 5.41) is 11.1. The molecular weight excluding hydrogens is 356 g/mol. The Kier molecular flexibility index (Phi) is 4.69. The van der Waals surface area contributed by atoms with Crippen molar-refractivity contribution >= 4 is 22.8 Å². The second kappa shape index (κ2) is 7.31. The Morgan fingerprint density at radius 2 is 1.75 bits per heavy atom. The highest BCUT2D eigenvalue weighted by atomic mass is 16.5. The molecule has 0 aliphatic carbocycles. The molecule has 1 fully saturated rings. The van der Waals surface area contributed by atoms with Gasteiger partial charge in [-0.15, -0.1) is 0 Å². The van der Waals surface area contributed by atoms with Gasteiger partial charge in [0.2, 0.25) is 0 Å². The first-order valence-corrected chi connectivity index (χ1v) is 9.18. The third-order valence-corrected chi connectivity index (χ3v) is 5.02. The van der Waals surface area contributed by atoms with Crippen molar-refractivity contribution in [1.82, 2.24) is 9.88 Å². The highest BCUT2D eigenvalue weighted by Gasteiger charge is 2.21. The number of ether oxygens (including phenoxy) is 1. The van der Waals surface area contributed by atoms with Gasteiger partial charge in [-0.1, -0.05) is 6.07 Å². The first-order valence-electron chi connectivity index (χ1n) is 9.18. The molecule has 1 amide bonds. The van der Waals surface area contributed by atoms with E-state index < -0.39 is 5.97 Å². The summed E-state index contributed by atoms with van der Waals surface area (Å²) in [6.07, 6.45) is 2.05. The molecule has 0 atom stereocenters. The Morgan fingerprint density at radius 1 is 1.00 bits per heavy atom. The number of hydrogen-bond donors (Lipinski definition) is 1. The number of aromatic hydroxyl groups is 1. The van der Waals surface area contributed by atoms with Crippen LogP contribution in [0.5, 0.6) is 5.75 Å². The number of esters is 1. The lowest BCUT2D eigenvalue weighted by molar-refractivity contribution is 0.0600. The lowest BCUT2D eigenvalue weighted by atomic mass is 10.0. The molecule has 1 N–H and O–H groups in total. The summed E-state index contributed by atoms with van der Waals surface area (Å²) >= 11 is 0. The summed E-state index contributed by atoms with van der Waals surface area (Å²) in [5.74, 6) is -0.366. The molecule has 1 aliphatic rings. The molecule has 1 aliphatic heterocycles. The zero-order chi connectivity index (χ0) is 19.7. The number of rotatable bonds is 3. The van der Waals surface area contributed by atoms with Crippen LogP contribution in [0.3, 0.4) is 0 Å². The zero-order valence-electron chi connectivity index (χ0n) is 15.5. The fourth-order valence-corrected chi connectivity index (χ4v) is 3.50. The van der Waals surface area contributed by atoms with Crippen molar-refractivity contribution < 1.29 is 19.4 Å². The summed E-state index contributed by atoms with van der Waals surface area (Å²) in [6, 6.07) is 13.6. The van der Waals surface area contributed by atoms with Crippen molar-refractivity contribution in [2.75, 3.05) is 20.2 Å². The second-order valence-electron chi connectivity index (χ2n) is 6.83. The van der Waals surface area contributed by atoms with Gasteiger partial charge in [0, 0.05) is 29.6 Å². The molecule has 0 bridgehead atoms. The molecule has 0 saturated carbocycles. The predicted octanol–water partition coefficient (Wildman–Crippen LogP) is 3.63. The van der Waals surface area contributed by atoms with Gasteiger partial charge in [-0.2, -0.15) is 0 Å². The van der Waals surface area contributed by atoms with E-state index in [1.54, 1.807) is 36.4 Å². The minimum Gasteiger partial charge on any atom is -0.507 e. The average Bonchev–Trinajstić information content (AvgIpc) is 3.27. The summed E-state index contributed by atoms with van der Waals surface area (Å²) in [7, 11) is 1.34. The van der Waals surface area contributed by atoms with E-state index in [0.29, 0.717) is 27.9 Å². The van der Waals surface area contributed by atoms with Gasteiger partial charge in [-0.05, 0) is 55.3 Å². The highest BCUT2D eigenvalue weighted by Crippen LogP contribution is 2.31. The molecule has 1 saturated heterocycles. The Bertz CT molecular complexity index is 1070. The van der Waals surface area contributed by atoms with E-state index in [1.807, 2.05) is 11.0 Å². The Morgan fingerprint density at radius 3 is 2.50 bits per heavy atom. The summed E-state index contributed by atoms with van der Waals surface area (Å²) in [5.41, 5.74) is 2.74. The number of hydrogen-bond acceptors (Lipinski definition) is 5. The lowest BCUT2D eigenvalue weighted by Crippen LogP contribution is -2.27. The summed E-state index contributed by atoms with van der Waals surface area (Å²) in [6.45, 7) is 1.54. The number of fused-ring (bicyclic) bond motifs is 1. The Balaban J connectivity index is 1.71. The van der Waals surface area contributed by atoms with Crippen molar-refractivity contribution in [3.8, 4) is 17.0 Å². The van der Waals surface area contributed by atoms with Crippen LogP contribution in [-0.2, 0) is 4.74 Å². The standard InChI is InChI=1S/C22H20N2O4/c1-28-22(27)16-5-7-18-14(12-16)4-8-19(23-18)17-13-15(6-9-20(17)25)21(26)24-10-2-3-11-24/h4-9,12-13,25H,2-3,10-11H2,1H3. The van der Waals surface area contributed by atoms with Crippen LogP contribution >= 0.6 is 0 Å². The number of nitrogens with zero attached hydrogens (tertiary/aromatic N) is 2. The van der Waals surface area contributed by atoms with Gasteiger partial charge >= 0.3 is 5.97 Å². The van der Waals surface area contributed by atoms with E-state index in [1.165, 1.54) is 13.2 Å². The van der Waals surface area contributed by atoms with Crippen molar-refractivity contribution in [1.29, 1.82) is 0 Å². The molecule has 2 heterocycles. The molecule has 6 heteroatoms. The van der Waals surface area contributed by atoms with Gasteiger partial charge in [0.25, 0.3) is 5.91 Å². The molecule has 28 heavy (non-hydrogen) atoms. The molecular formula is C22H20N2O4. The fourth-order valence-electron chi connectivity index (χ4n) is 3.50. The quantitative estimate of drug-likeness (QED) is 0.706. The number of methoxy groups -OCH3 is 1. The number of amides is 1. The van der Waals surface area contributed by atoms with Crippen LogP contribution in [0.1, 0.15) is 33.6 Å². The number of aromatic nitrogens is 1. The molecule has 4 rings (SSSR count). The van der Waals surface area contributed by atoms with E-state index in [-0.39, 0.29) is 11.7 Å². The molecule has 3 aromatic rings. The lowest BCUT2D eigenvalue weighted by Gasteiger charge is -2.16. The molecule has 2 aromatic carbocycles. The molecule has 6 nitrogen and oxygen atoms in total. The fraction of sp³-hybridized carbons (Fsp3) is 0.227. The largest absolute Gasteiger partial charge is 0.507 e. The van der Waals surface area contributed by atoms with Gasteiger partial charge in [0.15, 0.2) is 0 Å². The van der Waals surface area contributed by atoms with Gasteiger partial charge in [0.1, 0.15) is 5.75 Å². The number of pyridine rings is 1. The molecule has 0 spiro atoms. The van der Waals surface area contributed by atoms with Crippen LogP contribution in [0, 0.1) is 0 Å². The van der Waals surface area contributed by atoms with Crippen molar-refractivity contribution in [2.45, 2.75) is 12.8 Å². The number of benzene rings is 2. The third kappa shape index (κ3) is 3.29. The number of likely N-dealkylation sites (tertiary alicyclic amines) is 1. The maximum Gasteiger partial charge on any atom is 0.337 e. The van der Waals surface area contributed by atoms with Gasteiger partial charge in [0.05, 0.1) is 23.9 Å². The third-order valence-electron chi connectivity index (χ3n) is 5.02. The zero-order valence-corrected chi connectivity index (χ0v) is 15.5. The van der Waals surface area contributed by atoms with Gasteiger partial charge in [-0.25, -0.2) is 9.78 Å². The molecule has 1 aromatic heterocycles. The summed E-state index contributed by atoms with van der Waals surface area (Å²) < 4.78 is 4.74. The molecule has 0 unspecified atom stereocenters. The highest BCUT2D eigenvalue weighted by molar-refractivity contribution is 5.97. The first-order chi connectivity index (χ1) is 13.6. The summed E-state index contributed by atoms with van der Waals surface area (Å²) in [4.78, 5) is 30.8. The topological polar surface area (TPSA) is 79.7 Å². The number of phenols is 1. The van der Waals surface area contributed by atoms with E-state index in [9.17, 15) is 14.7 Å². The van der Waals surface area contributed by atoms with Crippen LogP contribution < -0.4 is 0 Å². The van der Waals surface area contributed by atoms with Crippen LogP contribution in [0.25, 0.3) is 22.2 Å². The monoisotopic (exact) mass is 376 g/mol. The Hall–Kier alpha value is -3.41. The molecule has 142 valence electrons. The second-order valence-corrected chi connectivity index (χ2v) is 6.83. The number of carbonyl (C=O) groups is 2. The normalized spacial score (nSPS) is 13.7. The van der Waals surface area contributed by atoms with E-state index >= 15 is 0 Å². The van der Waals surface area contributed by atoms with Crippen LogP contribution in [-0.4, -0.2) is 47.1 Å². The van der Waals surface area contributed by atoms with Crippen molar-refractivity contribution in [3.63, 3.8) is 0 Å². The van der Waals surface area contributed by atoms with Gasteiger partial charge in [-0.3, -0.25) is 4.79 Å². The SMILES string of the molecule is COC(=O)c1ccc2nc(-c3cc(C(=O)N4CCCC4)ccc3O)ccc2c1. The number of phenolic OH excluding ortho intramolecular Hbond substituents is 1. The minimum atomic E-state index is -0.406. The van der Waals surface area contributed by atoms with E-state index in [0.717, 1.165) is 31.3 Å².